The highest BCUT2D eigenvalue weighted by atomic mass is 19.4. The van der Waals surface area contributed by atoms with Crippen LogP contribution in [0, 0.1) is 5.92 Å². The summed E-state index contributed by atoms with van der Waals surface area (Å²) in [5.41, 5.74) is 3.64. The maximum Gasteiger partial charge on any atom is 0.416 e. The van der Waals surface area contributed by atoms with E-state index in [0.717, 1.165) is 23.3 Å². The van der Waals surface area contributed by atoms with Crippen molar-refractivity contribution in [2.45, 2.75) is 37.0 Å². The topological polar surface area (TPSA) is 124 Å². The van der Waals surface area contributed by atoms with Crippen molar-refractivity contribution < 1.29 is 33.0 Å². The Balaban J connectivity index is 1.64. The van der Waals surface area contributed by atoms with Gasteiger partial charge in [0.15, 0.2) is 11.6 Å². The van der Waals surface area contributed by atoms with Gasteiger partial charge in [-0.05, 0) is 18.2 Å². The zero-order valence-corrected chi connectivity index (χ0v) is 16.5. The third kappa shape index (κ3) is 3.00. The van der Waals surface area contributed by atoms with Crippen LogP contribution in [0.2, 0.25) is 0 Å². The molecule has 0 saturated carbocycles. The number of hydroxylamine groups is 2. The molecule has 1 spiro atoms. The smallest absolute Gasteiger partial charge is 0.416 e. The van der Waals surface area contributed by atoms with Crippen molar-refractivity contribution >= 4 is 11.9 Å². The summed E-state index contributed by atoms with van der Waals surface area (Å²) in [5, 5.41) is 24.5. The van der Waals surface area contributed by atoms with Crippen molar-refractivity contribution in [1.82, 2.24) is 15.3 Å². The summed E-state index contributed by atoms with van der Waals surface area (Å²) in [4.78, 5) is 18.5. The van der Waals surface area contributed by atoms with E-state index in [1.54, 1.807) is 11.8 Å². The molecule has 2 fully saturated rings. The minimum absolute atomic E-state index is 0.0373. The van der Waals surface area contributed by atoms with E-state index in [1.807, 2.05) is 0 Å². The van der Waals surface area contributed by atoms with Gasteiger partial charge in [-0.3, -0.25) is 5.21 Å². The Morgan fingerprint density at radius 2 is 2.19 bits per heavy atom. The molecule has 0 radical (unpaired) electrons. The SMILES string of the molecule is C=C1NC2[C@H](CO)N=C(N)N3C[C@H](OC(=O)c4cccc(C(F)(F)F)c4)C(C)C23N1O. The molecule has 1 aromatic carbocycles. The van der Waals surface area contributed by atoms with Crippen LogP contribution in [0.15, 0.2) is 41.7 Å². The molecule has 12 heteroatoms. The number of hydrogen-bond donors (Lipinski definition) is 4. The number of guanidine groups is 1. The van der Waals surface area contributed by atoms with Crippen molar-refractivity contribution in [3.63, 3.8) is 0 Å². The molecule has 0 bridgehead atoms. The molecule has 168 valence electrons. The van der Waals surface area contributed by atoms with Gasteiger partial charge >= 0.3 is 12.1 Å². The Hall–Kier alpha value is -2.99. The Morgan fingerprint density at radius 1 is 1.48 bits per heavy atom. The number of ether oxygens (including phenoxy) is 1. The Kier molecular flexibility index (Phi) is 4.81. The number of alkyl halides is 3. The number of carbonyl (C=O) groups is 1. The molecule has 3 heterocycles. The fourth-order valence-corrected chi connectivity index (χ4v) is 4.74. The summed E-state index contributed by atoms with van der Waals surface area (Å²) in [6.45, 7) is 5.17. The summed E-state index contributed by atoms with van der Waals surface area (Å²) >= 11 is 0. The Bertz CT molecular complexity index is 955. The van der Waals surface area contributed by atoms with Gasteiger partial charge in [-0.1, -0.05) is 19.6 Å². The normalized spacial score (nSPS) is 32.3. The molecule has 0 aliphatic carbocycles. The van der Waals surface area contributed by atoms with Gasteiger partial charge in [0.05, 0.1) is 30.3 Å². The quantitative estimate of drug-likeness (QED) is 0.506. The van der Waals surface area contributed by atoms with Crippen molar-refractivity contribution in [2.75, 3.05) is 13.2 Å². The van der Waals surface area contributed by atoms with Crippen LogP contribution >= 0.6 is 0 Å². The molecule has 1 aromatic rings. The summed E-state index contributed by atoms with van der Waals surface area (Å²) in [6.07, 6.45) is -5.43. The minimum Gasteiger partial charge on any atom is -0.456 e. The number of aliphatic hydroxyl groups excluding tert-OH is 1. The second kappa shape index (κ2) is 7.02. The minimum atomic E-state index is -4.60. The lowest BCUT2D eigenvalue weighted by molar-refractivity contribution is -0.187. The first-order chi connectivity index (χ1) is 14.5. The van der Waals surface area contributed by atoms with Gasteiger partial charge in [0.1, 0.15) is 18.0 Å². The fourth-order valence-electron chi connectivity index (χ4n) is 4.74. The molecule has 31 heavy (non-hydrogen) atoms. The first kappa shape index (κ1) is 21.2. The Morgan fingerprint density at radius 3 is 2.84 bits per heavy atom. The predicted octanol–water partition coefficient (Wildman–Crippen LogP) is 0.702. The van der Waals surface area contributed by atoms with Crippen LogP contribution in [0.5, 0.6) is 0 Å². The molecular weight excluding hydrogens is 419 g/mol. The van der Waals surface area contributed by atoms with Crippen molar-refractivity contribution in [2.24, 2.45) is 16.6 Å². The van der Waals surface area contributed by atoms with Crippen LogP contribution in [-0.4, -0.2) is 69.2 Å². The van der Waals surface area contributed by atoms with E-state index in [-0.39, 0.29) is 30.5 Å². The van der Waals surface area contributed by atoms with E-state index in [0.29, 0.717) is 0 Å². The molecule has 3 unspecified atom stereocenters. The maximum atomic E-state index is 13.0. The highest BCUT2D eigenvalue weighted by Crippen LogP contribution is 2.48. The number of nitrogens with one attached hydrogen (secondary N) is 1. The number of carbonyl (C=O) groups excluding carboxylic acids is 1. The van der Waals surface area contributed by atoms with Crippen molar-refractivity contribution in [3.05, 3.63) is 47.8 Å². The number of halogens is 3. The van der Waals surface area contributed by atoms with Gasteiger partial charge in [-0.25, -0.2) is 14.9 Å². The van der Waals surface area contributed by atoms with Crippen molar-refractivity contribution in [1.29, 1.82) is 0 Å². The summed E-state index contributed by atoms with van der Waals surface area (Å²) in [7, 11) is 0. The first-order valence-corrected chi connectivity index (χ1v) is 9.56. The number of nitrogens with two attached hydrogens (primary N) is 1. The molecular formula is C19H22F3N5O4. The number of benzene rings is 1. The van der Waals surface area contributed by atoms with Crippen LogP contribution < -0.4 is 11.1 Å². The van der Waals surface area contributed by atoms with Crippen molar-refractivity contribution in [3.8, 4) is 0 Å². The predicted molar refractivity (Wildman–Crippen MR) is 101 cm³/mol. The number of hydrogen-bond acceptors (Lipinski definition) is 9. The van der Waals surface area contributed by atoms with Crippen LogP contribution in [0.25, 0.3) is 0 Å². The molecule has 5 atom stereocenters. The van der Waals surface area contributed by atoms with Gasteiger partial charge in [-0.2, -0.15) is 13.2 Å². The zero-order chi connectivity index (χ0) is 22.7. The van der Waals surface area contributed by atoms with Crippen LogP contribution in [0.1, 0.15) is 22.8 Å². The molecule has 0 amide bonds. The van der Waals surface area contributed by atoms with E-state index in [4.69, 9.17) is 10.5 Å². The van der Waals surface area contributed by atoms with Crippen LogP contribution in [-0.2, 0) is 10.9 Å². The average molecular weight is 441 g/mol. The second-order valence-electron chi connectivity index (χ2n) is 7.82. The molecule has 2 saturated heterocycles. The number of aliphatic hydroxyl groups is 1. The number of rotatable bonds is 3. The molecule has 9 nitrogen and oxygen atoms in total. The van der Waals surface area contributed by atoms with Crippen LogP contribution in [0.3, 0.4) is 0 Å². The standard InChI is InChI=1S/C19H22F3N5O4/c1-9-14(31-16(29)11-4-3-5-12(6-11)19(20,21)22)7-26-17(23)25-13(8-28)15-18(9,26)27(30)10(2)24-15/h3-6,9,13-15,24,28,30H,2,7-8H2,1H3,(H2,23,25)/t9?,13-,14-,15?,18?/m0/s1. The number of nitrogens with zero attached hydrogens (tertiary/aromatic N) is 3. The summed E-state index contributed by atoms with van der Waals surface area (Å²) < 4.78 is 44.5. The third-order valence-electron chi connectivity index (χ3n) is 6.23. The highest BCUT2D eigenvalue weighted by Gasteiger charge is 2.68. The van der Waals surface area contributed by atoms with Gasteiger partial charge in [0.25, 0.3) is 0 Å². The summed E-state index contributed by atoms with van der Waals surface area (Å²) in [5.74, 6) is -1.31. The van der Waals surface area contributed by atoms with Gasteiger partial charge < -0.3 is 25.8 Å². The number of esters is 1. The fraction of sp³-hybridized carbons (Fsp3) is 0.474. The molecule has 5 N–H and O–H groups in total. The lowest BCUT2D eigenvalue weighted by Crippen LogP contribution is -2.70. The van der Waals surface area contributed by atoms with E-state index < -0.39 is 47.5 Å². The zero-order valence-electron chi connectivity index (χ0n) is 16.5. The maximum absolute atomic E-state index is 13.0. The average Bonchev–Trinajstić information content (AvgIpc) is 3.16. The lowest BCUT2D eigenvalue weighted by Gasteiger charge is -2.48. The molecule has 3 aliphatic heterocycles. The van der Waals surface area contributed by atoms with E-state index in [2.05, 4.69) is 16.9 Å². The first-order valence-electron chi connectivity index (χ1n) is 9.56. The molecule has 0 aromatic heterocycles. The third-order valence-corrected chi connectivity index (χ3v) is 6.23. The van der Waals surface area contributed by atoms with Gasteiger partial charge in [0, 0.05) is 5.92 Å². The second-order valence-corrected chi connectivity index (χ2v) is 7.82. The monoisotopic (exact) mass is 441 g/mol. The molecule has 3 aliphatic rings. The Labute approximate surface area is 175 Å². The highest BCUT2D eigenvalue weighted by molar-refractivity contribution is 5.90. The van der Waals surface area contributed by atoms with Gasteiger partial charge in [0.2, 0.25) is 0 Å². The van der Waals surface area contributed by atoms with Crippen LogP contribution in [0.4, 0.5) is 13.2 Å². The van der Waals surface area contributed by atoms with E-state index in [1.165, 1.54) is 6.07 Å². The van der Waals surface area contributed by atoms with E-state index in [9.17, 15) is 28.3 Å². The summed E-state index contributed by atoms with van der Waals surface area (Å²) in [6, 6.07) is 2.66. The number of aliphatic imine (C=N–C) groups is 1. The lowest BCUT2D eigenvalue weighted by atomic mass is 9.83. The van der Waals surface area contributed by atoms with E-state index >= 15 is 0 Å². The van der Waals surface area contributed by atoms with Gasteiger partial charge in [-0.15, -0.1) is 0 Å². The largest absolute Gasteiger partial charge is 0.456 e. The molecule has 4 rings (SSSR count).